The second kappa shape index (κ2) is 9.80. The van der Waals surface area contributed by atoms with Crippen LogP contribution in [-0.4, -0.2) is 55.5 Å². The Morgan fingerprint density at radius 2 is 1.92 bits per heavy atom. The zero-order valence-electron chi connectivity index (χ0n) is 15.8. The SMILES string of the molecule is CN=C(NCC(c1ccc(C)o1)N1CCCC1)N1CCC(C)CC1.I. The van der Waals surface area contributed by atoms with E-state index >= 15 is 0 Å². The Morgan fingerprint density at radius 1 is 1.24 bits per heavy atom. The van der Waals surface area contributed by atoms with Gasteiger partial charge in [0.15, 0.2) is 5.96 Å². The molecular formula is C19H33IN4O. The normalized spacial score (nSPS) is 21.2. The first-order valence-corrected chi connectivity index (χ1v) is 9.43. The van der Waals surface area contributed by atoms with Crippen LogP contribution in [0.3, 0.4) is 0 Å². The molecule has 0 aromatic carbocycles. The van der Waals surface area contributed by atoms with E-state index in [1.807, 2.05) is 14.0 Å². The van der Waals surface area contributed by atoms with Crippen LogP contribution in [-0.2, 0) is 0 Å². The number of hydrogen-bond donors (Lipinski definition) is 1. The number of furan rings is 1. The summed E-state index contributed by atoms with van der Waals surface area (Å²) in [6.07, 6.45) is 5.09. The molecule has 5 nitrogen and oxygen atoms in total. The predicted octanol–water partition coefficient (Wildman–Crippen LogP) is 3.65. The lowest BCUT2D eigenvalue weighted by Crippen LogP contribution is -2.47. The Morgan fingerprint density at radius 3 is 2.48 bits per heavy atom. The Labute approximate surface area is 169 Å². The topological polar surface area (TPSA) is 44.0 Å². The van der Waals surface area contributed by atoms with Crippen LogP contribution in [0.15, 0.2) is 21.5 Å². The molecule has 1 aromatic rings. The molecule has 1 unspecified atom stereocenters. The van der Waals surface area contributed by atoms with Crippen molar-refractivity contribution < 1.29 is 4.42 Å². The summed E-state index contributed by atoms with van der Waals surface area (Å²) in [4.78, 5) is 9.45. The Balaban J connectivity index is 0.00000225. The monoisotopic (exact) mass is 460 g/mol. The fourth-order valence-electron chi connectivity index (χ4n) is 3.84. The summed E-state index contributed by atoms with van der Waals surface area (Å²) in [5, 5.41) is 3.61. The summed E-state index contributed by atoms with van der Waals surface area (Å²) in [5.41, 5.74) is 0. The standard InChI is InChI=1S/C19H32N4O.HI/c1-15-8-12-23(13-9-15)19(20-3)21-14-17(22-10-4-5-11-22)18-7-6-16(2)24-18;/h6-7,15,17H,4-5,8-14H2,1-3H3,(H,20,21);1H. The fraction of sp³-hybridized carbons (Fsp3) is 0.737. The molecule has 1 atom stereocenters. The number of aryl methyl sites for hydroxylation is 1. The van der Waals surface area contributed by atoms with E-state index in [1.54, 1.807) is 0 Å². The molecule has 2 aliphatic rings. The first-order valence-electron chi connectivity index (χ1n) is 9.43. The summed E-state index contributed by atoms with van der Waals surface area (Å²) in [5.74, 6) is 3.94. The van der Waals surface area contributed by atoms with Gasteiger partial charge in [-0.05, 0) is 63.7 Å². The van der Waals surface area contributed by atoms with Gasteiger partial charge in [0.05, 0.1) is 6.04 Å². The highest BCUT2D eigenvalue weighted by atomic mass is 127. The van der Waals surface area contributed by atoms with Gasteiger partial charge in [0, 0.05) is 26.7 Å². The lowest BCUT2D eigenvalue weighted by Gasteiger charge is -2.34. The van der Waals surface area contributed by atoms with E-state index in [2.05, 4.69) is 39.2 Å². The molecule has 0 bridgehead atoms. The smallest absolute Gasteiger partial charge is 0.193 e. The van der Waals surface area contributed by atoms with Crippen LogP contribution in [0.4, 0.5) is 0 Å². The molecular weight excluding hydrogens is 427 g/mol. The van der Waals surface area contributed by atoms with E-state index in [-0.39, 0.29) is 24.0 Å². The van der Waals surface area contributed by atoms with Crippen molar-refractivity contribution in [3.63, 3.8) is 0 Å². The van der Waals surface area contributed by atoms with Crippen molar-refractivity contribution in [1.82, 2.24) is 15.1 Å². The minimum Gasteiger partial charge on any atom is -0.465 e. The maximum Gasteiger partial charge on any atom is 0.193 e. The molecule has 1 N–H and O–H groups in total. The van der Waals surface area contributed by atoms with Crippen LogP contribution in [0.2, 0.25) is 0 Å². The average molecular weight is 460 g/mol. The van der Waals surface area contributed by atoms with Crippen LogP contribution < -0.4 is 5.32 Å². The first kappa shape index (κ1) is 20.6. The Hall–Kier alpha value is -0.760. The summed E-state index contributed by atoms with van der Waals surface area (Å²) in [6.45, 7) is 9.75. The minimum absolute atomic E-state index is 0. The number of halogens is 1. The van der Waals surface area contributed by atoms with Crippen LogP contribution in [0.25, 0.3) is 0 Å². The highest BCUT2D eigenvalue weighted by molar-refractivity contribution is 14.0. The van der Waals surface area contributed by atoms with Gasteiger partial charge in [-0.15, -0.1) is 24.0 Å². The van der Waals surface area contributed by atoms with E-state index in [0.717, 1.165) is 56.1 Å². The third kappa shape index (κ3) is 5.36. The number of hydrogen-bond acceptors (Lipinski definition) is 3. The molecule has 3 rings (SSSR count). The molecule has 2 fully saturated rings. The maximum atomic E-state index is 5.95. The van der Waals surface area contributed by atoms with E-state index in [4.69, 9.17) is 4.42 Å². The predicted molar refractivity (Wildman–Crippen MR) is 114 cm³/mol. The van der Waals surface area contributed by atoms with E-state index in [9.17, 15) is 0 Å². The van der Waals surface area contributed by atoms with Crippen molar-refractivity contribution in [3.05, 3.63) is 23.7 Å². The summed E-state index contributed by atoms with van der Waals surface area (Å²) in [7, 11) is 1.89. The van der Waals surface area contributed by atoms with Crippen molar-refractivity contribution in [2.24, 2.45) is 10.9 Å². The number of nitrogens with zero attached hydrogens (tertiary/aromatic N) is 3. The van der Waals surface area contributed by atoms with Crippen LogP contribution >= 0.6 is 24.0 Å². The number of aliphatic imine (C=N–C) groups is 1. The third-order valence-corrected chi connectivity index (χ3v) is 5.42. The molecule has 0 amide bonds. The molecule has 2 aliphatic heterocycles. The molecule has 1 aromatic heterocycles. The largest absolute Gasteiger partial charge is 0.465 e. The van der Waals surface area contributed by atoms with Gasteiger partial charge in [-0.2, -0.15) is 0 Å². The van der Waals surface area contributed by atoms with Gasteiger partial charge in [-0.3, -0.25) is 9.89 Å². The minimum atomic E-state index is 0. The van der Waals surface area contributed by atoms with Gasteiger partial charge in [0.1, 0.15) is 11.5 Å². The molecule has 3 heterocycles. The first-order chi connectivity index (χ1) is 11.7. The zero-order valence-corrected chi connectivity index (χ0v) is 18.2. The molecule has 25 heavy (non-hydrogen) atoms. The van der Waals surface area contributed by atoms with Crippen molar-refractivity contribution in [2.45, 2.75) is 45.6 Å². The highest BCUT2D eigenvalue weighted by Gasteiger charge is 2.27. The van der Waals surface area contributed by atoms with Gasteiger partial charge in [-0.1, -0.05) is 6.92 Å². The maximum absolute atomic E-state index is 5.95. The van der Waals surface area contributed by atoms with Crippen molar-refractivity contribution >= 4 is 29.9 Å². The molecule has 0 radical (unpaired) electrons. The van der Waals surface area contributed by atoms with Crippen molar-refractivity contribution in [3.8, 4) is 0 Å². The van der Waals surface area contributed by atoms with Gasteiger partial charge >= 0.3 is 0 Å². The number of likely N-dealkylation sites (tertiary alicyclic amines) is 2. The highest BCUT2D eigenvalue weighted by Crippen LogP contribution is 2.26. The van der Waals surface area contributed by atoms with E-state index in [1.165, 1.54) is 25.7 Å². The lowest BCUT2D eigenvalue weighted by atomic mass is 9.99. The number of guanidine groups is 1. The van der Waals surface area contributed by atoms with Crippen molar-refractivity contribution in [2.75, 3.05) is 39.8 Å². The third-order valence-electron chi connectivity index (χ3n) is 5.42. The molecule has 0 aliphatic carbocycles. The number of piperidine rings is 1. The van der Waals surface area contributed by atoms with E-state index < -0.39 is 0 Å². The molecule has 6 heteroatoms. The van der Waals surface area contributed by atoms with Gasteiger partial charge < -0.3 is 14.6 Å². The quantitative estimate of drug-likeness (QED) is 0.423. The van der Waals surface area contributed by atoms with Crippen molar-refractivity contribution in [1.29, 1.82) is 0 Å². The van der Waals surface area contributed by atoms with Crippen LogP contribution in [0.1, 0.15) is 50.2 Å². The Bertz CT molecular complexity index is 545. The second-order valence-corrected chi connectivity index (χ2v) is 7.30. The molecule has 0 spiro atoms. The van der Waals surface area contributed by atoms with Crippen LogP contribution in [0, 0.1) is 12.8 Å². The number of rotatable bonds is 4. The van der Waals surface area contributed by atoms with Crippen LogP contribution in [0.5, 0.6) is 0 Å². The summed E-state index contributed by atoms with van der Waals surface area (Å²) < 4.78 is 5.95. The summed E-state index contributed by atoms with van der Waals surface area (Å²) in [6, 6.07) is 4.49. The number of nitrogens with one attached hydrogen (secondary N) is 1. The molecule has 142 valence electrons. The second-order valence-electron chi connectivity index (χ2n) is 7.30. The lowest BCUT2D eigenvalue weighted by molar-refractivity contribution is 0.210. The summed E-state index contributed by atoms with van der Waals surface area (Å²) >= 11 is 0. The fourth-order valence-corrected chi connectivity index (χ4v) is 3.84. The average Bonchev–Trinajstić information content (AvgIpc) is 3.25. The zero-order chi connectivity index (χ0) is 16.9. The molecule has 2 saturated heterocycles. The van der Waals surface area contributed by atoms with E-state index in [0.29, 0.717) is 6.04 Å². The molecule has 0 saturated carbocycles. The van der Waals surface area contributed by atoms with Gasteiger partial charge in [0.25, 0.3) is 0 Å². The Kier molecular flexibility index (Phi) is 8.06. The van der Waals surface area contributed by atoms with Gasteiger partial charge in [0.2, 0.25) is 0 Å². The van der Waals surface area contributed by atoms with Gasteiger partial charge in [-0.25, -0.2) is 0 Å².